The Bertz CT molecular complexity index is 880. The molecule has 1 fully saturated rings. The molecule has 1 rings (SSSR count). The first-order chi connectivity index (χ1) is 23.6. The van der Waals surface area contributed by atoms with E-state index in [4.69, 9.17) is 23.7 Å². The molecular formula is C38H69AsO9S. The van der Waals surface area contributed by atoms with Crippen molar-refractivity contribution in [3.63, 3.8) is 0 Å². The summed E-state index contributed by atoms with van der Waals surface area (Å²) in [4.78, 5) is 48.4. The third kappa shape index (κ3) is 23.0. The Morgan fingerprint density at radius 2 is 0.837 bits per heavy atom. The molecular weight excluding hydrogens is 707 g/mol. The zero-order valence-electron chi connectivity index (χ0n) is 31.7. The number of ether oxygens (including phenoxy) is 5. The van der Waals surface area contributed by atoms with Crippen molar-refractivity contribution in [1.82, 2.24) is 0 Å². The number of hydrogen-bond donors (Lipinski definition) is 0. The first-order valence-corrected chi connectivity index (χ1v) is 25.2. The van der Waals surface area contributed by atoms with Crippen LogP contribution in [0.15, 0.2) is 0 Å². The molecule has 0 aromatic rings. The number of rotatable bonds is 29. The standard InChI is InChI=1S/C38H69AsO9S/c1-7-9-11-13-15-17-19-21-23-25-27-39(28-26-24-22-20-18-16-14-12-10-8-2)49-29-34-35(44-30(3)40)36(45-31(4)41)37(46-32(5)42)38(48-34)47-33(6)43/h34-38H,7-29H2,1-6H3/t34-,35-,36+,37-,38-/m1/s1. The molecule has 1 aliphatic rings. The fourth-order valence-corrected chi connectivity index (χ4v) is 15.2. The molecule has 9 nitrogen and oxygen atoms in total. The number of unbranched alkanes of at least 4 members (excludes halogenated alkanes) is 18. The van der Waals surface area contributed by atoms with Gasteiger partial charge in [-0.25, -0.2) is 0 Å². The summed E-state index contributed by atoms with van der Waals surface area (Å²) in [6, 6.07) is 0. The van der Waals surface area contributed by atoms with Crippen LogP contribution in [0.25, 0.3) is 0 Å². The van der Waals surface area contributed by atoms with Gasteiger partial charge in [0.25, 0.3) is 0 Å². The van der Waals surface area contributed by atoms with Crippen molar-refractivity contribution in [2.75, 3.05) is 5.75 Å². The van der Waals surface area contributed by atoms with E-state index in [9.17, 15) is 19.2 Å². The Morgan fingerprint density at radius 3 is 1.22 bits per heavy atom. The summed E-state index contributed by atoms with van der Waals surface area (Å²) < 4.78 is 28.3. The molecule has 0 spiro atoms. The van der Waals surface area contributed by atoms with Crippen LogP contribution in [-0.4, -0.2) is 73.8 Å². The van der Waals surface area contributed by atoms with Gasteiger partial charge < -0.3 is 0 Å². The van der Waals surface area contributed by atoms with Crippen molar-refractivity contribution in [3.05, 3.63) is 0 Å². The molecule has 286 valence electrons. The zero-order chi connectivity index (χ0) is 36.3. The molecule has 0 bridgehead atoms. The molecule has 0 amide bonds. The van der Waals surface area contributed by atoms with E-state index in [1.807, 2.05) is 10.0 Å². The molecule has 1 saturated heterocycles. The van der Waals surface area contributed by atoms with Gasteiger partial charge in [-0.05, 0) is 0 Å². The zero-order valence-corrected chi connectivity index (χ0v) is 34.4. The molecule has 0 aliphatic carbocycles. The summed E-state index contributed by atoms with van der Waals surface area (Å²) in [6.07, 6.45) is 20.7. The van der Waals surface area contributed by atoms with E-state index in [1.165, 1.54) is 167 Å². The summed E-state index contributed by atoms with van der Waals surface area (Å²) in [5, 5.41) is 2.46. The Kier molecular flexibility index (Phi) is 27.4. The third-order valence-corrected chi connectivity index (χ3v) is 18.1. The van der Waals surface area contributed by atoms with Crippen LogP contribution in [0.4, 0.5) is 0 Å². The normalized spacial score (nSPS) is 20.6. The van der Waals surface area contributed by atoms with Gasteiger partial charge in [-0.2, -0.15) is 0 Å². The maximum absolute atomic E-state index is 12.2. The first-order valence-electron chi connectivity index (χ1n) is 19.3. The minimum absolute atomic E-state index is 0.496. The van der Waals surface area contributed by atoms with E-state index in [1.54, 1.807) is 0 Å². The van der Waals surface area contributed by atoms with Gasteiger partial charge in [-0.15, -0.1) is 0 Å². The van der Waals surface area contributed by atoms with Crippen molar-refractivity contribution in [1.29, 1.82) is 0 Å². The average Bonchev–Trinajstić information content (AvgIpc) is 3.03. The number of hydrogen-bond acceptors (Lipinski definition) is 10. The summed E-state index contributed by atoms with van der Waals surface area (Å²) in [7, 11) is 1.92. The fraction of sp³-hybridized carbons (Fsp3) is 0.895. The van der Waals surface area contributed by atoms with Crippen molar-refractivity contribution < 1.29 is 42.9 Å². The number of carbonyl (C=O) groups is 4. The topological polar surface area (TPSA) is 114 Å². The first kappa shape index (κ1) is 45.8. The van der Waals surface area contributed by atoms with Gasteiger partial charge >= 0.3 is 307 Å². The molecule has 49 heavy (non-hydrogen) atoms. The van der Waals surface area contributed by atoms with Crippen LogP contribution < -0.4 is 0 Å². The summed E-state index contributed by atoms with van der Waals surface area (Å²) in [6.45, 7) is 9.47. The number of esters is 4. The third-order valence-electron chi connectivity index (χ3n) is 8.72. The van der Waals surface area contributed by atoms with E-state index < -0.39 is 68.1 Å². The van der Waals surface area contributed by atoms with Crippen LogP contribution in [0.5, 0.6) is 0 Å². The predicted octanol–water partition coefficient (Wildman–Crippen LogP) is 9.64. The van der Waals surface area contributed by atoms with E-state index in [-0.39, 0.29) is 0 Å². The summed E-state index contributed by atoms with van der Waals surface area (Å²) in [5.74, 6) is -2.01. The molecule has 1 heterocycles. The molecule has 0 N–H and O–H groups in total. The molecule has 1 aliphatic heterocycles. The van der Waals surface area contributed by atoms with E-state index in [0.717, 1.165) is 0 Å². The van der Waals surface area contributed by atoms with E-state index >= 15 is 0 Å². The monoisotopic (exact) mass is 776 g/mol. The summed E-state index contributed by atoms with van der Waals surface area (Å²) >= 11 is -1.35. The van der Waals surface area contributed by atoms with Crippen molar-refractivity contribution >= 4 is 47.4 Å². The van der Waals surface area contributed by atoms with Gasteiger partial charge in [0.05, 0.1) is 0 Å². The van der Waals surface area contributed by atoms with Gasteiger partial charge in [0.15, 0.2) is 0 Å². The number of carbonyl (C=O) groups excluding carboxylic acids is 4. The quantitative estimate of drug-likeness (QED) is 0.0315. The molecule has 5 atom stereocenters. The Balaban J connectivity index is 2.89. The van der Waals surface area contributed by atoms with Crippen molar-refractivity contribution in [2.24, 2.45) is 0 Å². The Morgan fingerprint density at radius 1 is 0.490 bits per heavy atom. The van der Waals surface area contributed by atoms with Gasteiger partial charge in [0.1, 0.15) is 0 Å². The van der Waals surface area contributed by atoms with Crippen molar-refractivity contribution in [2.45, 2.75) is 211 Å². The van der Waals surface area contributed by atoms with Gasteiger partial charge in [-0.1, -0.05) is 0 Å². The van der Waals surface area contributed by atoms with E-state index in [0.29, 0.717) is 5.75 Å². The van der Waals surface area contributed by atoms with Crippen LogP contribution >= 0.6 is 10.0 Å². The van der Waals surface area contributed by atoms with Gasteiger partial charge in [-0.3, -0.25) is 0 Å². The summed E-state index contributed by atoms with van der Waals surface area (Å²) in [5.41, 5.74) is 0. The van der Waals surface area contributed by atoms with Crippen LogP contribution in [0, 0.1) is 0 Å². The van der Waals surface area contributed by atoms with Crippen LogP contribution in [0.1, 0.15) is 170 Å². The fourth-order valence-electron chi connectivity index (χ4n) is 6.22. The van der Waals surface area contributed by atoms with Gasteiger partial charge in [0.2, 0.25) is 0 Å². The molecule has 11 heteroatoms. The second-order valence-electron chi connectivity index (χ2n) is 13.5. The molecule has 0 aromatic carbocycles. The molecule has 0 aromatic heterocycles. The van der Waals surface area contributed by atoms with Crippen molar-refractivity contribution in [3.8, 4) is 0 Å². The Hall–Kier alpha value is -1.25. The molecule has 0 saturated carbocycles. The average molecular weight is 777 g/mol. The van der Waals surface area contributed by atoms with Gasteiger partial charge in [0, 0.05) is 0 Å². The molecule has 0 radical (unpaired) electrons. The predicted molar refractivity (Wildman–Crippen MR) is 199 cm³/mol. The SMILES string of the molecule is CCCCCCCCCCCC[As](CCCCCCCCCCCC)SC[C@H]1O[C@@H](OC(C)=O)[C@H](OC(C)=O)[C@@H](OC(C)=O)[C@@H]1OC(C)=O. The van der Waals surface area contributed by atoms with Crippen LogP contribution in [-0.2, 0) is 42.9 Å². The Labute approximate surface area is 306 Å². The maximum atomic E-state index is 12.2. The van der Waals surface area contributed by atoms with Crippen LogP contribution in [0.3, 0.4) is 0 Å². The van der Waals surface area contributed by atoms with E-state index in [2.05, 4.69) is 13.8 Å². The minimum atomic E-state index is -1.35. The molecule has 0 unspecified atom stereocenters. The van der Waals surface area contributed by atoms with Crippen LogP contribution in [0.2, 0.25) is 10.4 Å². The second kappa shape index (κ2) is 29.3. The second-order valence-corrected chi connectivity index (χ2v) is 22.3.